The Balaban J connectivity index is 5.21. The predicted octanol–water partition coefficient (Wildman–Crippen LogP) is 25.8. The summed E-state index contributed by atoms with van der Waals surface area (Å²) in [7, 11) is -9.92. The van der Waals surface area contributed by atoms with Crippen LogP contribution in [-0.4, -0.2) is 96.7 Å². The second kappa shape index (κ2) is 76.4. The van der Waals surface area contributed by atoms with E-state index >= 15 is 0 Å². The number of aliphatic hydroxyl groups is 1. The Morgan fingerprint density at radius 3 is 0.731 bits per heavy atom. The van der Waals surface area contributed by atoms with Gasteiger partial charge in [-0.3, -0.25) is 37.3 Å². The Kier molecular flexibility index (Phi) is 75.0. The molecule has 618 valence electrons. The second-order valence-electron chi connectivity index (χ2n) is 31.3. The van der Waals surface area contributed by atoms with E-state index in [4.69, 9.17) is 37.0 Å². The third-order valence-electron chi connectivity index (χ3n) is 20.3. The molecule has 0 spiro atoms. The van der Waals surface area contributed by atoms with E-state index in [2.05, 4.69) is 41.5 Å². The summed E-state index contributed by atoms with van der Waals surface area (Å²) >= 11 is 0. The van der Waals surface area contributed by atoms with Crippen LogP contribution in [-0.2, 0) is 65.4 Å². The molecule has 19 heteroatoms. The molecule has 0 bridgehead atoms. The van der Waals surface area contributed by atoms with Crippen LogP contribution < -0.4 is 0 Å². The minimum atomic E-state index is -4.96. The highest BCUT2D eigenvalue weighted by Crippen LogP contribution is 2.45. The molecule has 0 aromatic carbocycles. The Morgan fingerprint density at radius 2 is 0.490 bits per heavy atom. The van der Waals surface area contributed by atoms with Crippen LogP contribution in [0.1, 0.15) is 452 Å². The van der Waals surface area contributed by atoms with E-state index in [0.29, 0.717) is 25.7 Å². The van der Waals surface area contributed by atoms with Gasteiger partial charge in [-0.1, -0.05) is 401 Å². The van der Waals surface area contributed by atoms with E-state index in [1.165, 1.54) is 270 Å². The van der Waals surface area contributed by atoms with E-state index in [-0.39, 0.29) is 25.7 Å². The van der Waals surface area contributed by atoms with Crippen LogP contribution in [0.5, 0.6) is 0 Å². The molecule has 0 aromatic heterocycles. The van der Waals surface area contributed by atoms with Crippen molar-refractivity contribution in [2.45, 2.75) is 471 Å². The maximum Gasteiger partial charge on any atom is 0.472 e. The Labute approximate surface area is 638 Å². The summed E-state index contributed by atoms with van der Waals surface area (Å²) in [6, 6.07) is 0. The van der Waals surface area contributed by atoms with Crippen LogP contribution in [0.2, 0.25) is 0 Å². The first-order valence-electron chi connectivity index (χ1n) is 44.0. The van der Waals surface area contributed by atoms with Crippen LogP contribution in [0.25, 0.3) is 0 Å². The number of ether oxygens (including phenoxy) is 4. The topological polar surface area (TPSA) is 237 Å². The fraction of sp³-hybridized carbons (Fsp3) is 0.953. The third-order valence-corrected chi connectivity index (χ3v) is 22.2. The Bertz CT molecular complexity index is 2000. The molecular formula is C85H166O17P2. The van der Waals surface area contributed by atoms with Gasteiger partial charge < -0.3 is 33.8 Å². The number of hydrogen-bond acceptors (Lipinski definition) is 15. The number of aliphatic hydroxyl groups excluding tert-OH is 1. The van der Waals surface area contributed by atoms with Crippen molar-refractivity contribution in [3.63, 3.8) is 0 Å². The fourth-order valence-corrected chi connectivity index (χ4v) is 14.8. The third kappa shape index (κ3) is 76.8. The summed E-state index contributed by atoms with van der Waals surface area (Å²) in [5.41, 5.74) is 0. The van der Waals surface area contributed by atoms with Crippen molar-refractivity contribution < 1.29 is 80.2 Å². The van der Waals surface area contributed by atoms with Gasteiger partial charge in [-0.05, 0) is 37.5 Å². The van der Waals surface area contributed by atoms with E-state index in [1.807, 2.05) is 0 Å². The maximum atomic E-state index is 13.1. The van der Waals surface area contributed by atoms with Gasteiger partial charge in [0.1, 0.15) is 19.3 Å². The predicted molar refractivity (Wildman–Crippen MR) is 428 cm³/mol. The van der Waals surface area contributed by atoms with E-state index < -0.39 is 97.5 Å². The average molecular weight is 1520 g/mol. The number of unbranched alkanes of at least 4 members (excludes halogenated alkanes) is 53. The van der Waals surface area contributed by atoms with Gasteiger partial charge in [-0.2, -0.15) is 0 Å². The molecule has 0 radical (unpaired) electrons. The molecule has 3 unspecified atom stereocenters. The lowest BCUT2D eigenvalue weighted by molar-refractivity contribution is -0.161. The molecule has 104 heavy (non-hydrogen) atoms. The lowest BCUT2D eigenvalue weighted by atomic mass is 9.99. The number of hydrogen-bond donors (Lipinski definition) is 3. The Morgan fingerprint density at radius 1 is 0.279 bits per heavy atom. The lowest BCUT2D eigenvalue weighted by Crippen LogP contribution is -2.30. The zero-order chi connectivity index (χ0) is 76.4. The van der Waals surface area contributed by atoms with Crippen LogP contribution in [0, 0.1) is 11.8 Å². The van der Waals surface area contributed by atoms with Crippen molar-refractivity contribution in [2.24, 2.45) is 11.8 Å². The molecular weight excluding hydrogens is 1350 g/mol. The SMILES string of the molecule is CCCCCCCCCCCCCCC(=O)O[C@H](COC(=O)CCCCCCCCCCCCC)COP(=O)(O)OC[C@H](O)COP(=O)(O)OC[C@@H](COC(=O)CCCCCCCCCCCCCCCCCCC(C)C)OC(=O)CCCCCCCCCCCCCCCCCCCCC(C)CC. The standard InChI is InChI=1S/C85H166O17P2/c1-7-10-12-14-16-18-20-38-45-51-57-63-69-84(89)101-80(73-95-82(87)67-61-55-49-43-35-19-17-15-13-11-8-2)75-99-103(91,92)97-71-79(86)72-98-104(93,94)100-76-81(74-96-83(88)68-62-56-50-44-39-33-29-26-25-27-31-36-41-47-53-59-65-77(4)5)102-85(90)70-64-58-52-46-40-34-30-24-22-21-23-28-32-37-42-48-54-60-66-78(6)9-3/h77-81,86H,7-76H2,1-6H3,(H,91,92)(H,93,94)/t78?,79-,80+,81+/m0/s1. The molecule has 0 heterocycles. The van der Waals surface area contributed by atoms with Crippen molar-refractivity contribution >= 4 is 39.5 Å². The highest BCUT2D eigenvalue weighted by Gasteiger charge is 2.30. The quantitative estimate of drug-likeness (QED) is 0.0222. The fourth-order valence-electron chi connectivity index (χ4n) is 13.2. The first-order valence-corrected chi connectivity index (χ1v) is 47.0. The van der Waals surface area contributed by atoms with Crippen LogP contribution in [0.3, 0.4) is 0 Å². The molecule has 0 aromatic rings. The first-order chi connectivity index (χ1) is 50.4. The van der Waals surface area contributed by atoms with Gasteiger partial charge in [-0.25, -0.2) is 9.13 Å². The molecule has 0 saturated heterocycles. The zero-order valence-corrected chi connectivity index (χ0v) is 70.1. The van der Waals surface area contributed by atoms with Gasteiger partial charge in [0.15, 0.2) is 12.2 Å². The van der Waals surface area contributed by atoms with Crippen LogP contribution in [0.15, 0.2) is 0 Å². The number of rotatable bonds is 84. The zero-order valence-electron chi connectivity index (χ0n) is 68.3. The molecule has 0 aliphatic heterocycles. The average Bonchev–Trinajstić information content (AvgIpc) is 0.908. The minimum Gasteiger partial charge on any atom is -0.462 e. The molecule has 6 atom stereocenters. The molecule has 17 nitrogen and oxygen atoms in total. The number of phosphoric ester groups is 2. The van der Waals surface area contributed by atoms with E-state index in [9.17, 15) is 43.2 Å². The van der Waals surface area contributed by atoms with Gasteiger partial charge >= 0.3 is 39.5 Å². The Hall–Kier alpha value is -1.94. The highest BCUT2D eigenvalue weighted by molar-refractivity contribution is 7.47. The number of phosphoric acid groups is 2. The molecule has 0 aliphatic carbocycles. The number of esters is 4. The maximum absolute atomic E-state index is 13.1. The smallest absolute Gasteiger partial charge is 0.462 e. The molecule has 0 aliphatic rings. The van der Waals surface area contributed by atoms with E-state index in [1.54, 1.807) is 0 Å². The monoisotopic (exact) mass is 1520 g/mol. The van der Waals surface area contributed by atoms with Crippen molar-refractivity contribution in [2.75, 3.05) is 39.6 Å². The summed E-state index contributed by atoms with van der Waals surface area (Å²) < 4.78 is 68.8. The molecule has 3 N–H and O–H groups in total. The van der Waals surface area contributed by atoms with Gasteiger partial charge in [0.25, 0.3) is 0 Å². The van der Waals surface area contributed by atoms with Crippen molar-refractivity contribution in [1.29, 1.82) is 0 Å². The summed E-state index contributed by atoms with van der Waals surface area (Å²) in [6.45, 7) is 9.76. The largest absolute Gasteiger partial charge is 0.472 e. The number of carbonyl (C=O) groups is 4. The summed E-state index contributed by atoms with van der Waals surface area (Å²) in [5, 5.41) is 10.7. The molecule has 0 rings (SSSR count). The van der Waals surface area contributed by atoms with Crippen molar-refractivity contribution in [3.05, 3.63) is 0 Å². The second-order valence-corrected chi connectivity index (χ2v) is 34.2. The van der Waals surface area contributed by atoms with Gasteiger partial charge in [0.05, 0.1) is 26.4 Å². The number of carbonyl (C=O) groups excluding carboxylic acids is 4. The lowest BCUT2D eigenvalue weighted by Gasteiger charge is -2.21. The van der Waals surface area contributed by atoms with Gasteiger partial charge in [0, 0.05) is 25.7 Å². The van der Waals surface area contributed by atoms with E-state index in [0.717, 1.165) is 102 Å². The summed E-state index contributed by atoms with van der Waals surface area (Å²) in [4.78, 5) is 73.1. The van der Waals surface area contributed by atoms with Crippen molar-refractivity contribution in [1.82, 2.24) is 0 Å². The first kappa shape index (κ1) is 102. The summed E-state index contributed by atoms with van der Waals surface area (Å²) in [5.74, 6) is -0.419. The molecule has 0 amide bonds. The molecule has 0 saturated carbocycles. The van der Waals surface area contributed by atoms with Crippen LogP contribution in [0.4, 0.5) is 0 Å². The van der Waals surface area contributed by atoms with Crippen LogP contribution >= 0.6 is 15.6 Å². The van der Waals surface area contributed by atoms with Gasteiger partial charge in [-0.15, -0.1) is 0 Å². The highest BCUT2D eigenvalue weighted by atomic mass is 31.2. The summed E-state index contributed by atoms with van der Waals surface area (Å²) in [6.07, 6.45) is 67.9. The van der Waals surface area contributed by atoms with Crippen molar-refractivity contribution in [3.8, 4) is 0 Å². The minimum absolute atomic E-state index is 0.108. The molecule has 0 fully saturated rings. The van der Waals surface area contributed by atoms with Gasteiger partial charge in [0.2, 0.25) is 0 Å². The normalized spacial score (nSPS) is 14.1.